The normalized spacial score (nSPS) is 23.1. The molecule has 0 aromatic carbocycles. The van der Waals surface area contributed by atoms with Crippen LogP contribution < -0.4 is 0 Å². The fraction of sp³-hybridized carbons (Fsp3) is 0.938. The van der Waals surface area contributed by atoms with Gasteiger partial charge >= 0.3 is 5.97 Å². The molecule has 0 bridgehead atoms. The number of carbonyl (C=O) groups is 1. The topological polar surface area (TPSA) is 40.5 Å². The van der Waals surface area contributed by atoms with Gasteiger partial charge in [0, 0.05) is 12.6 Å². The van der Waals surface area contributed by atoms with E-state index >= 15 is 0 Å². The molecule has 112 valence electrons. The number of nitrogens with zero attached hydrogens (tertiary/aromatic N) is 1. The smallest absolute Gasteiger partial charge is 0.320 e. The maximum Gasteiger partial charge on any atom is 0.320 e. The van der Waals surface area contributed by atoms with Gasteiger partial charge in [0.15, 0.2) is 0 Å². The minimum absolute atomic E-state index is 0.245. The van der Waals surface area contributed by atoms with Crippen molar-refractivity contribution in [1.82, 2.24) is 4.90 Å². The van der Waals surface area contributed by atoms with E-state index in [0.29, 0.717) is 6.04 Å². The molecule has 19 heavy (non-hydrogen) atoms. The molecule has 1 rings (SSSR count). The molecule has 0 spiro atoms. The van der Waals surface area contributed by atoms with E-state index in [1.165, 1.54) is 12.8 Å². The summed E-state index contributed by atoms with van der Waals surface area (Å²) in [6, 6.07) is 0.166. The van der Waals surface area contributed by atoms with E-state index in [2.05, 4.69) is 32.6 Å². The quantitative estimate of drug-likeness (QED) is 0.726. The van der Waals surface area contributed by atoms with E-state index in [0.717, 1.165) is 38.6 Å². The number of aliphatic carboxylic acids is 1. The molecule has 1 N–H and O–H groups in total. The first-order valence-electron chi connectivity index (χ1n) is 8.02. The molecule has 0 saturated carbocycles. The highest BCUT2D eigenvalue weighted by molar-refractivity contribution is 5.74. The van der Waals surface area contributed by atoms with Crippen LogP contribution in [0.25, 0.3) is 0 Å². The molecule has 0 radical (unpaired) electrons. The Morgan fingerprint density at radius 1 is 1.21 bits per heavy atom. The summed E-state index contributed by atoms with van der Waals surface area (Å²) in [5.74, 6) is -0.624. The van der Waals surface area contributed by atoms with Gasteiger partial charge in [0.1, 0.15) is 6.04 Å². The summed E-state index contributed by atoms with van der Waals surface area (Å²) in [4.78, 5) is 13.9. The minimum atomic E-state index is -0.624. The lowest BCUT2D eigenvalue weighted by atomic mass is 9.77. The highest BCUT2D eigenvalue weighted by atomic mass is 16.4. The Bertz CT molecular complexity index is 280. The van der Waals surface area contributed by atoms with Crippen molar-refractivity contribution >= 4 is 5.97 Å². The second-order valence-electron chi connectivity index (χ2n) is 6.20. The van der Waals surface area contributed by atoms with Crippen LogP contribution in [0.2, 0.25) is 0 Å². The van der Waals surface area contributed by atoms with Gasteiger partial charge < -0.3 is 5.11 Å². The highest BCUT2D eigenvalue weighted by Gasteiger charge is 2.47. The molecule has 1 unspecified atom stereocenters. The van der Waals surface area contributed by atoms with Gasteiger partial charge in [0.25, 0.3) is 0 Å². The third kappa shape index (κ3) is 3.71. The van der Waals surface area contributed by atoms with Crippen molar-refractivity contribution in [2.24, 2.45) is 5.41 Å². The SMILES string of the molecule is CCCC1(CCC)CC(C(=O)O)N(C(CC)CC)C1. The Balaban J connectivity index is 2.93. The van der Waals surface area contributed by atoms with Crippen LogP contribution in [0.1, 0.15) is 72.6 Å². The first kappa shape index (κ1) is 16.5. The van der Waals surface area contributed by atoms with Crippen molar-refractivity contribution in [3.05, 3.63) is 0 Å². The van der Waals surface area contributed by atoms with E-state index < -0.39 is 5.97 Å². The second kappa shape index (κ2) is 7.28. The van der Waals surface area contributed by atoms with Gasteiger partial charge in [-0.1, -0.05) is 40.5 Å². The van der Waals surface area contributed by atoms with Gasteiger partial charge in [-0.15, -0.1) is 0 Å². The standard InChI is InChI=1S/C16H31NO2/c1-5-9-16(10-6-2)11-14(15(18)19)17(12-16)13(7-3)8-4/h13-14H,5-12H2,1-4H3,(H,18,19). The van der Waals surface area contributed by atoms with Crippen molar-refractivity contribution < 1.29 is 9.90 Å². The summed E-state index contributed by atoms with van der Waals surface area (Å²) < 4.78 is 0. The number of carboxylic acids is 1. The molecular formula is C16H31NO2. The first-order chi connectivity index (χ1) is 9.03. The lowest BCUT2D eigenvalue weighted by Crippen LogP contribution is -2.43. The zero-order valence-electron chi connectivity index (χ0n) is 13.1. The van der Waals surface area contributed by atoms with Crippen LogP contribution in [0.5, 0.6) is 0 Å². The number of hydrogen-bond acceptors (Lipinski definition) is 2. The summed E-state index contributed by atoms with van der Waals surface area (Å²) >= 11 is 0. The monoisotopic (exact) mass is 269 g/mol. The van der Waals surface area contributed by atoms with Gasteiger partial charge in [-0.3, -0.25) is 9.69 Å². The van der Waals surface area contributed by atoms with Gasteiger partial charge in [-0.05, 0) is 37.5 Å². The maximum absolute atomic E-state index is 11.6. The Kier molecular flexibility index (Phi) is 6.31. The zero-order chi connectivity index (χ0) is 14.5. The molecule has 0 amide bonds. The maximum atomic E-state index is 11.6. The third-order valence-corrected chi connectivity index (χ3v) is 4.80. The molecule has 1 atom stereocenters. The molecule has 1 fully saturated rings. The fourth-order valence-electron chi connectivity index (χ4n) is 4.01. The van der Waals surface area contributed by atoms with Gasteiger partial charge in [-0.25, -0.2) is 0 Å². The zero-order valence-corrected chi connectivity index (χ0v) is 13.1. The van der Waals surface area contributed by atoms with Gasteiger partial charge in [-0.2, -0.15) is 0 Å². The molecule has 1 aliphatic rings. The lowest BCUT2D eigenvalue weighted by molar-refractivity contribution is -0.143. The van der Waals surface area contributed by atoms with Crippen LogP contribution in [-0.4, -0.2) is 34.6 Å². The molecule has 1 heterocycles. The second-order valence-corrected chi connectivity index (χ2v) is 6.20. The largest absolute Gasteiger partial charge is 0.480 e. The van der Waals surface area contributed by atoms with E-state index in [1.54, 1.807) is 0 Å². The summed E-state index contributed by atoms with van der Waals surface area (Å²) in [6.07, 6.45) is 7.60. The summed E-state index contributed by atoms with van der Waals surface area (Å²) in [5.41, 5.74) is 0.245. The van der Waals surface area contributed by atoms with E-state index in [1.807, 2.05) is 0 Å². The first-order valence-corrected chi connectivity index (χ1v) is 8.02. The summed E-state index contributed by atoms with van der Waals surface area (Å²) in [5, 5.41) is 9.55. The Labute approximate surface area is 118 Å². The van der Waals surface area contributed by atoms with Crippen molar-refractivity contribution in [1.29, 1.82) is 0 Å². The predicted molar refractivity (Wildman–Crippen MR) is 79.4 cm³/mol. The summed E-state index contributed by atoms with van der Waals surface area (Å²) in [6.45, 7) is 9.76. The number of carboxylic acid groups (broad SMARTS) is 1. The lowest BCUT2D eigenvalue weighted by Gasteiger charge is -2.32. The number of likely N-dealkylation sites (tertiary alicyclic amines) is 1. The Hall–Kier alpha value is -0.570. The van der Waals surface area contributed by atoms with Crippen LogP contribution in [0.4, 0.5) is 0 Å². The van der Waals surface area contributed by atoms with Crippen LogP contribution in [-0.2, 0) is 4.79 Å². The van der Waals surface area contributed by atoms with Crippen molar-refractivity contribution in [2.75, 3.05) is 6.54 Å². The molecule has 0 aromatic heterocycles. The van der Waals surface area contributed by atoms with Crippen LogP contribution in [0, 0.1) is 5.41 Å². The summed E-state index contributed by atoms with van der Waals surface area (Å²) in [7, 11) is 0. The van der Waals surface area contributed by atoms with Crippen molar-refractivity contribution in [3.8, 4) is 0 Å². The minimum Gasteiger partial charge on any atom is -0.480 e. The number of rotatable bonds is 8. The molecule has 0 aromatic rings. The molecule has 3 heteroatoms. The van der Waals surface area contributed by atoms with Gasteiger partial charge in [0.2, 0.25) is 0 Å². The number of hydrogen-bond donors (Lipinski definition) is 1. The van der Waals surface area contributed by atoms with Crippen LogP contribution >= 0.6 is 0 Å². The molecule has 0 aliphatic carbocycles. The van der Waals surface area contributed by atoms with E-state index in [-0.39, 0.29) is 11.5 Å². The van der Waals surface area contributed by atoms with Gasteiger partial charge in [0.05, 0.1) is 0 Å². The molecule has 3 nitrogen and oxygen atoms in total. The molecule has 1 saturated heterocycles. The van der Waals surface area contributed by atoms with E-state index in [4.69, 9.17) is 0 Å². The molecular weight excluding hydrogens is 238 g/mol. The Morgan fingerprint density at radius 3 is 2.11 bits per heavy atom. The van der Waals surface area contributed by atoms with E-state index in [9.17, 15) is 9.90 Å². The van der Waals surface area contributed by atoms with Crippen LogP contribution in [0.3, 0.4) is 0 Å². The Morgan fingerprint density at radius 2 is 1.74 bits per heavy atom. The molecule has 1 aliphatic heterocycles. The van der Waals surface area contributed by atoms with Crippen molar-refractivity contribution in [3.63, 3.8) is 0 Å². The third-order valence-electron chi connectivity index (χ3n) is 4.80. The fourth-order valence-corrected chi connectivity index (χ4v) is 4.01. The average Bonchev–Trinajstić information content (AvgIpc) is 2.72. The average molecular weight is 269 g/mol. The van der Waals surface area contributed by atoms with Crippen molar-refractivity contribution in [2.45, 2.75) is 84.7 Å². The predicted octanol–water partition coefficient (Wildman–Crippen LogP) is 3.92. The van der Waals surface area contributed by atoms with Crippen LogP contribution in [0.15, 0.2) is 0 Å². The highest BCUT2D eigenvalue weighted by Crippen LogP contribution is 2.44.